The Bertz CT molecular complexity index is 1230. The molecule has 32 heavy (non-hydrogen) atoms. The van der Waals surface area contributed by atoms with Gasteiger partial charge in [0.1, 0.15) is 5.75 Å². The average molecular weight is 440 g/mol. The molecule has 0 saturated carbocycles. The van der Waals surface area contributed by atoms with Crippen LogP contribution < -0.4 is 10.5 Å². The SMILES string of the molecule is CCCC(N)c1cccc(-c2cc(OC(F)F)c3cnn(-c4cncc(CO)n4)c3c2)n1. The van der Waals surface area contributed by atoms with E-state index in [0.29, 0.717) is 33.7 Å². The fraction of sp³-hybridized carbons (Fsp3) is 0.273. The molecule has 8 nitrogen and oxygen atoms in total. The van der Waals surface area contributed by atoms with Gasteiger partial charge < -0.3 is 15.6 Å². The molecule has 4 aromatic rings. The van der Waals surface area contributed by atoms with Gasteiger partial charge in [-0.15, -0.1) is 0 Å². The van der Waals surface area contributed by atoms with Crippen molar-refractivity contribution in [3.8, 4) is 22.8 Å². The number of rotatable bonds is 8. The van der Waals surface area contributed by atoms with Crippen LogP contribution >= 0.6 is 0 Å². The summed E-state index contributed by atoms with van der Waals surface area (Å²) < 4.78 is 32.5. The molecule has 0 amide bonds. The van der Waals surface area contributed by atoms with Crippen molar-refractivity contribution in [2.45, 2.75) is 39.0 Å². The maximum atomic E-state index is 13.1. The Morgan fingerprint density at radius 2 is 2.00 bits per heavy atom. The first-order valence-electron chi connectivity index (χ1n) is 10.1. The molecule has 3 aromatic heterocycles. The lowest BCUT2D eigenvalue weighted by molar-refractivity contribution is -0.0487. The quantitative estimate of drug-likeness (QED) is 0.429. The Morgan fingerprint density at radius 1 is 1.16 bits per heavy atom. The van der Waals surface area contributed by atoms with E-state index in [4.69, 9.17) is 10.5 Å². The van der Waals surface area contributed by atoms with Gasteiger partial charge in [-0.25, -0.2) is 9.67 Å². The van der Waals surface area contributed by atoms with E-state index >= 15 is 0 Å². The Labute approximate surface area is 182 Å². The summed E-state index contributed by atoms with van der Waals surface area (Å²) in [4.78, 5) is 13.0. The maximum absolute atomic E-state index is 13.1. The van der Waals surface area contributed by atoms with Gasteiger partial charge in [0.15, 0.2) is 5.82 Å². The summed E-state index contributed by atoms with van der Waals surface area (Å²) in [5.74, 6) is 0.299. The fourth-order valence-electron chi connectivity index (χ4n) is 3.47. The first-order chi connectivity index (χ1) is 15.5. The van der Waals surface area contributed by atoms with Gasteiger partial charge in [-0.1, -0.05) is 19.4 Å². The Morgan fingerprint density at radius 3 is 2.75 bits per heavy atom. The first-order valence-corrected chi connectivity index (χ1v) is 10.1. The Kier molecular flexibility index (Phi) is 6.33. The van der Waals surface area contributed by atoms with Crippen molar-refractivity contribution in [2.75, 3.05) is 0 Å². The molecule has 0 saturated heterocycles. The number of pyridine rings is 1. The zero-order chi connectivity index (χ0) is 22.7. The van der Waals surface area contributed by atoms with Crippen LogP contribution in [0, 0.1) is 0 Å². The second kappa shape index (κ2) is 9.33. The van der Waals surface area contributed by atoms with Crippen molar-refractivity contribution >= 4 is 10.9 Å². The van der Waals surface area contributed by atoms with Crippen LogP contribution in [0.5, 0.6) is 5.75 Å². The Balaban J connectivity index is 1.87. The summed E-state index contributed by atoms with van der Waals surface area (Å²) >= 11 is 0. The number of fused-ring (bicyclic) bond motifs is 1. The number of alkyl halides is 2. The number of hydrogen-bond donors (Lipinski definition) is 2. The van der Waals surface area contributed by atoms with Crippen molar-refractivity contribution in [3.05, 3.63) is 60.3 Å². The van der Waals surface area contributed by atoms with Crippen LogP contribution in [0.25, 0.3) is 28.0 Å². The number of aliphatic hydroxyl groups excluding tert-OH is 1. The molecule has 4 rings (SSSR count). The predicted molar refractivity (Wildman–Crippen MR) is 114 cm³/mol. The zero-order valence-corrected chi connectivity index (χ0v) is 17.3. The highest BCUT2D eigenvalue weighted by atomic mass is 19.3. The van der Waals surface area contributed by atoms with Crippen LogP contribution in [0.2, 0.25) is 0 Å². The highest BCUT2D eigenvalue weighted by molar-refractivity contribution is 5.90. The predicted octanol–water partition coefficient (Wildman–Crippen LogP) is 3.77. The molecule has 3 heterocycles. The molecular formula is C22H22F2N6O2. The Hall–Kier alpha value is -3.50. The van der Waals surface area contributed by atoms with Crippen molar-refractivity contribution in [3.63, 3.8) is 0 Å². The van der Waals surface area contributed by atoms with E-state index in [1.807, 2.05) is 19.1 Å². The third-order valence-corrected chi connectivity index (χ3v) is 4.96. The second-order valence-corrected chi connectivity index (χ2v) is 7.21. The van der Waals surface area contributed by atoms with Crippen LogP contribution in [0.15, 0.2) is 48.9 Å². The topological polar surface area (TPSA) is 112 Å². The molecule has 3 N–H and O–H groups in total. The molecule has 166 valence electrons. The third-order valence-electron chi connectivity index (χ3n) is 4.96. The minimum atomic E-state index is -3.01. The number of nitrogens with zero attached hydrogens (tertiary/aromatic N) is 5. The van der Waals surface area contributed by atoms with Crippen molar-refractivity contribution in [1.82, 2.24) is 24.7 Å². The number of benzene rings is 1. The van der Waals surface area contributed by atoms with Crippen LogP contribution in [-0.4, -0.2) is 36.5 Å². The van der Waals surface area contributed by atoms with Gasteiger partial charge in [0.05, 0.1) is 53.2 Å². The molecule has 1 aromatic carbocycles. The summed E-state index contributed by atoms with van der Waals surface area (Å²) in [6.45, 7) is -1.26. The van der Waals surface area contributed by atoms with E-state index in [1.165, 1.54) is 29.3 Å². The van der Waals surface area contributed by atoms with E-state index in [1.54, 1.807) is 12.1 Å². The van der Waals surface area contributed by atoms with Crippen molar-refractivity contribution in [2.24, 2.45) is 5.73 Å². The summed E-state index contributed by atoms with van der Waals surface area (Å²) in [5, 5.41) is 14.0. The van der Waals surface area contributed by atoms with Gasteiger partial charge >= 0.3 is 6.61 Å². The molecular weight excluding hydrogens is 418 g/mol. The number of aromatic nitrogens is 5. The van der Waals surface area contributed by atoms with E-state index in [0.717, 1.165) is 18.5 Å². The average Bonchev–Trinajstić information content (AvgIpc) is 3.23. The standard InChI is InChI=1S/C22H22F2N6O2/c1-2-4-16(25)18-6-3-5-17(29-18)13-7-19-15(20(8-13)32-22(23)24)10-27-30(19)21-11-26-9-14(12-31)28-21/h3,5-11,16,22,31H,2,4,12,25H2,1H3. The lowest BCUT2D eigenvalue weighted by atomic mass is 10.1. The molecule has 0 radical (unpaired) electrons. The zero-order valence-electron chi connectivity index (χ0n) is 17.3. The van der Waals surface area contributed by atoms with Gasteiger partial charge in [-0.3, -0.25) is 9.97 Å². The van der Waals surface area contributed by atoms with Gasteiger partial charge in [0.2, 0.25) is 0 Å². The van der Waals surface area contributed by atoms with Crippen LogP contribution in [0.4, 0.5) is 8.78 Å². The number of ether oxygens (including phenoxy) is 1. The number of nitrogens with two attached hydrogens (primary N) is 1. The summed E-state index contributed by atoms with van der Waals surface area (Å²) in [5.41, 5.74) is 8.89. The molecule has 1 atom stereocenters. The van der Waals surface area contributed by atoms with Crippen LogP contribution in [0.3, 0.4) is 0 Å². The molecule has 10 heteroatoms. The maximum Gasteiger partial charge on any atom is 0.387 e. The molecule has 0 bridgehead atoms. The van der Waals surface area contributed by atoms with E-state index in [-0.39, 0.29) is 18.4 Å². The van der Waals surface area contributed by atoms with E-state index in [9.17, 15) is 13.9 Å². The molecule has 0 aliphatic carbocycles. The monoisotopic (exact) mass is 440 g/mol. The van der Waals surface area contributed by atoms with Gasteiger partial charge in [-0.2, -0.15) is 13.9 Å². The molecule has 0 aliphatic rings. The van der Waals surface area contributed by atoms with Gasteiger partial charge in [-0.05, 0) is 30.7 Å². The normalized spacial score (nSPS) is 12.4. The summed E-state index contributed by atoms with van der Waals surface area (Å²) in [6.07, 6.45) is 6.01. The number of halogens is 2. The third kappa shape index (κ3) is 4.41. The fourth-order valence-corrected chi connectivity index (χ4v) is 3.47. The molecule has 0 aliphatic heterocycles. The van der Waals surface area contributed by atoms with Crippen LogP contribution in [-0.2, 0) is 6.61 Å². The van der Waals surface area contributed by atoms with Crippen molar-refractivity contribution < 1.29 is 18.6 Å². The number of hydrogen-bond acceptors (Lipinski definition) is 7. The molecule has 0 spiro atoms. The van der Waals surface area contributed by atoms with E-state index < -0.39 is 6.61 Å². The molecule has 1 unspecified atom stereocenters. The summed E-state index contributed by atoms with van der Waals surface area (Å²) in [6, 6.07) is 8.52. The second-order valence-electron chi connectivity index (χ2n) is 7.21. The van der Waals surface area contributed by atoms with Crippen molar-refractivity contribution in [1.29, 1.82) is 0 Å². The van der Waals surface area contributed by atoms with Gasteiger partial charge in [0.25, 0.3) is 0 Å². The van der Waals surface area contributed by atoms with Gasteiger partial charge in [0, 0.05) is 11.6 Å². The smallest absolute Gasteiger partial charge is 0.387 e. The number of aliphatic hydroxyl groups is 1. The van der Waals surface area contributed by atoms with E-state index in [2.05, 4.69) is 20.1 Å². The summed E-state index contributed by atoms with van der Waals surface area (Å²) in [7, 11) is 0. The highest BCUT2D eigenvalue weighted by Crippen LogP contribution is 2.34. The largest absolute Gasteiger partial charge is 0.434 e. The lowest BCUT2D eigenvalue weighted by Gasteiger charge is -2.13. The molecule has 0 fully saturated rings. The minimum absolute atomic E-state index is 0.0323. The minimum Gasteiger partial charge on any atom is -0.434 e. The first kappa shape index (κ1) is 21.7. The highest BCUT2D eigenvalue weighted by Gasteiger charge is 2.18. The van der Waals surface area contributed by atoms with Crippen LogP contribution in [0.1, 0.15) is 37.2 Å². The lowest BCUT2D eigenvalue weighted by Crippen LogP contribution is -2.11.